The molecule has 0 bridgehead atoms. The zero-order valence-electron chi connectivity index (χ0n) is 13.6. The molecule has 1 N–H and O–H groups in total. The van der Waals surface area contributed by atoms with Crippen molar-refractivity contribution in [3.63, 3.8) is 0 Å². The standard InChI is InChI=1S/C7H3Br2NO.C7H14NO3PS2/c8-5-1-4(3-10)2-6(9)7(5)11;1-3-10-12(9,11-4-2)8-7-13-5-6-14-7/h1-2,11H;3-6H2,1-2H3. The predicted octanol–water partition coefficient (Wildman–Crippen LogP) is 5.79. The number of nitriles is 1. The number of rotatable bonds is 5. The molecule has 11 heteroatoms. The number of hydrogen-bond donors (Lipinski definition) is 1. The van der Waals surface area contributed by atoms with Gasteiger partial charge in [-0.15, -0.1) is 0 Å². The lowest BCUT2D eigenvalue weighted by molar-refractivity contribution is 0.221. The van der Waals surface area contributed by atoms with Gasteiger partial charge < -0.3 is 5.11 Å². The minimum atomic E-state index is -3.22. The van der Waals surface area contributed by atoms with Gasteiger partial charge in [-0.05, 0) is 57.8 Å². The summed E-state index contributed by atoms with van der Waals surface area (Å²) in [5.41, 5.74) is 0.501. The third-order valence-electron chi connectivity index (χ3n) is 2.47. The second kappa shape index (κ2) is 11.7. The van der Waals surface area contributed by atoms with Gasteiger partial charge in [0.15, 0.2) is 0 Å². The van der Waals surface area contributed by atoms with Gasteiger partial charge in [-0.2, -0.15) is 10.0 Å². The average Bonchev–Trinajstić information content (AvgIpc) is 3.05. The first-order valence-electron chi connectivity index (χ1n) is 7.18. The number of benzene rings is 1. The van der Waals surface area contributed by atoms with Crippen molar-refractivity contribution in [2.24, 2.45) is 4.76 Å². The molecule has 1 fully saturated rings. The highest BCUT2D eigenvalue weighted by molar-refractivity contribution is 9.11. The maximum atomic E-state index is 11.9. The number of phenols is 1. The van der Waals surface area contributed by atoms with E-state index >= 15 is 0 Å². The molecule has 1 aromatic carbocycles. The van der Waals surface area contributed by atoms with E-state index in [4.69, 9.17) is 14.3 Å². The average molecular weight is 532 g/mol. The van der Waals surface area contributed by atoms with Crippen molar-refractivity contribution in [3.05, 3.63) is 26.6 Å². The summed E-state index contributed by atoms with van der Waals surface area (Å²) in [5, 5.41) is 17.7. The highest BCUT2D eigenvalue weighted by atomic mass is 79.9. The molecular formula is C14H17Br2N2O4PS2. The largest absolute Gasteiger partial charge is 0.506 e. The second-order valence-electron chi connectivity index (χ2n) is 4.27. The van der Waals surface area contributed by atoms with Crippen LogP contribution in [0.4, 0.5) is 0 Å². The Morgan fingerprint density at radius 2 is 1.72 bits per heavy atom. The first-order chi connectivity index (χ1) is 11.8. The van der Waals surface area contributed by atoms with Gasteiger partial charge in [-0.1, -0.05) is 23.5 Å². The Bertz CT molecular complexity index is 672. The van der Waals surface area contributed by atoms with E-state index in [0.717, 1.165) is 15.9 Å². The van der Waals surface area contributed by atoms with Crippen LogP contribution in [0.3, 0.4) is 0 Å². The fourth-order valence-corrected chi connectivity index (χ4v) is 6.65. The molecule has 1 aliphatic rings. The summed E-state index contributed by atoms with van der Waals surface area (Å²) in [6.45, 7) is 4.26. The Kier molecular flexibility index (Phi) is 10.7. The van der Waals surface area contributed by atoms with Crippen LogP contribution in [0.15, 0.2) is 25.8 Å². The summed E-state index contributed by atoms with van der Waals surface area (Å²) in [6.07, 6.45) is 0. The van der Waals surface area contributed by atoms with Gasteiger partial charge in [-0.25, -0.2) is 4.57 Å². The van der Waals surface area contributed by atoms with Crippen molar-refractivity contribution >= 4 is 67.5 Å². The minimum absolute atomic E-state index is 0.115. The summed E-state index contributed by atoms with van der Waals surface area (Å²) in [6, 6.07) is 5.08. The molecule has 1 heterocycles. The van der Waals surface area contributed by atoms with Gasteiger partial charge in [0.2, 0.25) is 0 Å². The summed E-state index contributed by atoms with van der Waals surface area (Å²) in [5.74, 6) is 2.15. The summed E-state index contributed by atoms with van der Waals surface area (Å²) < 4.78 is 27.9. The summed E-state index contributed by atoms with van der Waals surface area (Å²) >= 11 is 9.42. The zero-order chi connectivity index (χ0) is 18.9. The molecule has 6 nitrogen and oxygen atoms in total. The van der Waals surface area contributed by atoms with Crippen LogP contribution in [0.5, 0.6) is 5.75 Å². The van der Waals surface area contributed by atoms with Gasteiger partial charge in [0.25, 0.3) is 0 Å². The maximum Gasteiger partial charge on any atom is 0.455 e. The van der Waals surface area contributed by atoms with Crippen LogP contribution in [0.25, 0.3) is 0 Å². The summed E-state index contributed by atoms with van der Waals surface area (Å²) in [4.78, 5) is 0. The van der Waals surface area contributed by atoms with Crippen LogP contribution in [-0.2, 0) is 13.6 Å². The molecule has 0 amide bonds. The molecule has 1 aromatic rings. The van der Waals surface area contributed by atoms with Crippen LogP contribution < -0.4 is 0 Å². The van der Waals surface area contributed by atoms with Crippen LogP contribution in [0.1, 0.15) is 19.4 Å². The predicted molar refractivity (Wildman–Crippen MR) is 111 cm³/mol. The molecule has 2 rings (SSSR count). The molecule has 1 saturated heterocycles. The van der Waals surface area contributed by atoms with Gasteiger partial charge in [0, 0.05) is 11.5 Å². The van der Waals surface area contributed by atoms with E-state index in [1.165, 1.54) is 0 Å². The molecule has 0 aromatic heterocycles. The van der Waals surface area contributed by atoms with Gasteiger partial charge >= 0.3 is 7.75 Å². The Balaban J connectivity index is 0.000000257. The molecule has 138 valence electrons. The SMILES string of the molecule is CCOP(=O)(N=C1SCCS1)OCC.N#Cc1cc(Br)c(O)c(Br)c1. The van der Waals surface area contributed by atoms with Crippen LogP contribution in [-0.4, -0.2) is 34.2 Å². The fourth-order valence-electron chi connectivity index (χ4n) is 1.51. The third-order valence-corrected chi connectivity index (χ3v) is 8.02. The number of phenolic OH excluding ortho intramolecular Hbond substituents is 1. The van der Waals surface area contributed by atoms with E-state index in [9.17, 15) is 9.67 Å². The number of aromatic hydroxyl groups is 1. The van der Waals surface area contributed by atoms with E-state index in [0.29, 0.717) is 27.7 Å². The highest BCUT2D eigenvalue weighted by Crippen LogP contribution is 2.51. The van der Waals surface area contributed by atoms with Crippen molar-refractivity contribution in [1.29, 1.82) is 5.26 Å². The lowest BCUT2D eigenvalue weighted by atomic mass is 10.2. The topological polar surface area (TPSA) is 91.9 Å². The Morgan fingerprint density at radius 3 is 2.12 bits per heavy atom. The molecule has 25 heavy (non-hydrogen) atoms. The van der Waals surface area contributed by atoms with Crippen molar-refractivity contribution in [2.75, 3.05) is 24.7 Å². The molecule has 0 spiro atoms. The summed E-state index contributed by atoms with van der Waals surface area (Å²) in [7, 11) is -3.22. The van der Waals surface area contributed by atoms with Gasteiger partial charge in [-0.3, -0.25) is 9.05 Å². The molecule has 0 aliphatic carbocycles. The Labute approximate surface area is 172 Å². The monoisotopic (exact) mass is 530 g/mol. The molecule has 1 aliphatic heterocycles. The van der Waals surface area contributed by atoms with Crippen molar-refractivity contribution in [3.8, 4) is 11.8 Å². The normalized spacial score (nSPS) is 13.8. The van der Waals surface area contributed by atoms with Crippen molar-refractivity contribution in [2.45, 2.75) is 13.8 Å². The third kappa shape index (κ3) is 8.04. The first kappa shape index (κ1) is 23.0. The van der Waals surface area contributed by atoms with Crippen molar-refractivity contribution < 1.29 is 18.7 Å². The highest BCUT2D eigenvalue weighted by Gasteiger charge is 2.25. The van der Waals surface area contributed by atoms with E-state index in [-0.39, 0.29) is 5.75 Å². The Hall–Kier alpha value is -0.0100. The zero-order valence-corrected chi connectivity index (χ0v) is 19.3. The minimum Gasteiger partial charge on any atom is -0.506 e. The number of thioether (sulfide) groups is 2. The maximum absolute atomic E-state index is 11.9. The van der Waals surface area contributed by atoms with E-state index in [1.54, 1.807) is 49.5 Å². The quantitative estimate of drug-likeness (QED) is 0.480. The van der Waals surface area contributed by atoms with Crippen molar-refractivity contribution in [1.82, 2.24) is 0 Å². The van der Waals surface area contributed by atoms with Crippen LogP contribution in [0, 0.1) is 11.3 Å². The van der Waals surface area contributed by atoms with E-state index in [1.807, 2.05) is 6.07 Å². The van der Waals surface area contributed by atoms with Gasteiger partial charge in [0.05, 0.1) is 33.8 Å². The number of halogens is 2. The van der Waals surface area contributed by atoms with Crippen LogP contribution in [0.2, 0.25) is 0 Å². The molecule has 0 atom stereocenters. The Morgan fingerprint density at radius 1 is 1.24 bits per heavy atom. The molecular weight excluding hydrogens is 515 g/mol. The van der Waals surface area contributed by atoms with E-state index < -0.39 is 7.75 Å². The fraction of sp³-hybridized carbons (Fsp3) is 0.429. The molecule has 0 saturated carbocycles. The number of hydrogen-bond acceptors (Lipinski definition) is 7. The number of nitrogens with zero attached hydrogens (tertiary/aromatic N) is 2. The lowest BCUT2D eigenvalue weighted by Crippen LogP contribution is -1.94. The van der Waals surface area contributed by atoms with Crippen LogP contribution >= 0.6 is 63.1 Å². The lowest BCUT2D eigenvalue weighted by Gasteiger charge is -2.11. The van der Waals surface area contributed by atoms with E-state index in [2.05, 4.69) is 36.6 Å². The smallest absolute Gasteiger partial charge is 0.455 e. The van der Waals surface area contributed by atoms with Gasteiger partial charge in [0.1, 0.15) is 10.1 Å². The molecule has 0 radical (unpaired) electrons. The molecule has 0 unspecified atom stereocenters. The first-order valence-corrected chi connectivity index (χ1v) is 12.2. The second-order valence-corrected chi connectivity index (χ2v) is 10.1.